The molecule has 0 spiro atoms. The van der Waals surface area contributed by atoms with Gasteiger partial charge in [-0.05, 0) is 63.4 Å². The smallest absolute Gasteiger partial charge is 0.409 e. The second-order valence-electron chi connectivity index (χ2n) is 8.68. The Balaban J connectivity index is 1.77. The number of alkyl halides is 3. The minimum atomic E-state index is -4.82. The molecule has 2 amide bonds. The first-order chi connectivity index (χ1) is 16.0. The van der Waals surface area contributed by atoms with Crippen LogP contribution in [0.1, 0.15) is 44.6 Å². The topological polar surface area (TPSA) is 70.7 Å². The van der Waals surface area contributed by atoms with E-state index in [4.69, 9.17) is 11.6 Å². The van der Waals surface area contributed by atoms with Gasteiger partial charge in [-0.25, -0.2) is 0 Å². The first-order valence-corrected chi connectivity index (χ1v) is 11.6. The Morgan fingerprint density at radius 1 is 1.29 bits per heavy atom. The second-order valence-corrected chi connectivity index (χ2v) is 9.09. The number of hydrogen-bond acceptors (Lipinski definition) is 4. The Hall–Kier alpha value is -2.52. The molecule has 1 saturated heterocycles. The third kappa shape index (κ3) is 6.13. The number of halogens is 4. The molecule has 1 fully saturated rings. The molecule has 34 heavy (non-hydrogen) atoms. The van der Waals surface area contributed by atoms with Crippen LogP contribution in [0.25, 0.3) is 0 Å². The highest BCUT2D eigenvalue weighted by Crippen LogP contribution is 2.44. The van der Waals surface area contributed by atoms with Crippen LogP contribution in [0.5, 0.6) is 0 Å². The summed E-state index contributed by atoms with van der Waals surface area (Å²) < 4.78 is 43.1. The van der Waals surface area contributed by atoms with Crippen molar-refractivity contribution in [3.05, 3.63) is 52.8 Å². The molecule has 3 rings (SSSR count). The number of likely N-dealkylation sites (tertiary alicyclic amines) is 1. The molecule has 1 aromatic rings. The number of anilines is 1. The van der Waals surface area contributed by atoms with E-state index in [0.29, 0.717) is 37.2 Å². The molecule has 6 nitrogen and oxygen atoms in total. The molecular weight excluding hydrogens is 471 g/mol. The van der Waals surface area contributed by atoms with E-state index in [-0.39, 0.29) is 29.0 Å². The molecule has 2 N–H and O–H groups in total. The summed E-state index contributed by atoms with van der Waals surface area (Å²) >= 11 is 6.48. The molecule has 186 valence electrons. The number of allylic oxidation sites excluding steroid dienone is 4. The first-order valence-electron chi connectivity index (χ1n) is 11.2. The maximum Gasteiger partial charge on any atom is 0.572 e. The molecule has 1 aliphatic heterocycles. The number of piperidine rings is 1. The van der Waals surface area contributed by atoms with Crippen LogP contribution in [0.4, 0.5) is 18.9 Å². The number of ether oxygens (including phenoxy) is 1. The number of hydrogen-bond donors (Lipinski definition) is 2. The number of amides is 2. The van der Waals surface area contributed by atoms with E-state index in [1.165, 1.54) is 18.2 Å². The van der Waals surface area contributed by atoms with Crippen LogP contribution >= 0.6 is 11.6 Å². The molecule has 0 saturated carbocycles. The summed E-state index contributed by atoms with van der Waals surface area (Å²) in [5.41, 5.74) is -0.262. The predicted molar refractivity (Wildman–Crippen MR) is 124 cm³/mol. The van der Waals surface area contributed by atoms with Crippen molar-refractivity contribution in [3.63, 3.8) is 0 Å². The monoisotopic (exact) mass is 499 g/mol. The lowest BCUT2D eigenvalue weighted by molar-refractivity contribution is -0.309. The van der Waals surface area contributed by atoms with Gasteiger partial charge in [-0.3, -0.25) is 9.59 Å². The molecule has 2 aliphatic rings. The zero-order valence-corrected chi connectivity index (χ0v) is 19.9. The molecule has 0 aromatic heterocycles. The van der Waals surface area contributed by atoms with Gasteiger partial charge in [0.05, 0.1) is 5.41 Å². The maximum absolute atomic E-state index is 13.0. The van der Waals surface area contributed by atoms with Crippen molar-refractivity contribution in [2.75, 3.05) is 25.5 Å². The van der Waals surface area contributed by atoms with Gasteiger partial charge in [-0.2, -0.15) is 0 Å². The van der Waals surface area contributed by atoms with Crippen LogP contribution in [0.3, 0.4) is 0 Å². The molecule has 10 heteroatoms. The van der Waals surface area contributed by atoms with Gasteiger partial charge < -0.3 is 20.3 Å². The highest BCUT2D eigenvalue weighted by Gasteiger charge is 2.42. The largest absolute Gasteiger partial charge is 0.572 e. The van der Waals surface area contributed by atoms with Crippen molar-refractivity contribution in [1.82, 2.24) is 10.2 Å². The zero-order chi connectivity index (χ0) is 24.9. The van der Waals surface area contributed by atoms with E-state index in [1.807, 2.05) is 0 Å². The summed E-state index contributed by atoms with van der Waals surface area (Å²) in [6.45, 7) is 2.69. The molecule has 2 atom stereocenters. The van der Waals surface area contributed by atoms with Gasteiger partial charge in [-0.15, -0.1) is 13.2 Å². The Morgan fingerprint density at radius 3 is 2.74 bits per heavy atom. The highest BCUT2D eigenvalue weighted by atomic mass is 35.5. The second kappa shape index (κ2) is 10.8. The molecule has 1 aliphatic carbocycles. The highest BCUT2D eigenvalue weighted by molar-refractivity contribution is 6.32. The third-order valence-electron chi connectivity index (χ3n) is 6.23. The lowest BCUT2D eigenvalue weighted by Crippen LogP contribution is -2.50. The standard InChI is InChI=1S/C24H29ClF3N3O3/c1-23(12-5-3-8-20(23)34-24(26,27)28)17-10-9-16(15-18(17)25)30-22(33)19-7-4-6-14-31(19)21(32)11-13-29-2/h3,5,8-10,15,19,29H,4,6-7,11-14H2,1-2H3,(H,30,33). The van der Waals surface area contributed by atoms with Gasteiger partial charge in [0.1, 0.15) is 11.8 Å². The van der Waals surface area contributed by atoms with Gasteiger partial charge >= 0.3 is 6.36 Å². The minimum absolute atomic E-state index is 0.0789. The van der Waals surface area contributed by atoms with Crippen LogP contribution in [-0.2, 0) is 19.7 Å². The fraction of sp³-hybridized carbons (Fsp3) is 0.500. The summed E-state index contributed by atoms with van der Waals surface area (Å²) in [6, 6.07) is 4.14. The van der Waals surface area contributed by atoms with Gasteiger partial charge in [0.25, 0.3) is 0 Å². The van der Waals surface area contributed by atoms with E-state index in [2.05, 4.69) is 15.4 Å². The predicted octanol–water partition coefficient (Wildman–Crippen LogP) is 4.91. The van der Waals surface area contributed by atoms with E-state index >= 15 is 0 Å². The van der Waals surface area contributed by atoms with Crippen LogP contribution in [0.15, 0.2) is 42.2 Å². The van der Waals surface area contributed by atoms with Crippen molar-refractivity contribution in [3.8, 4) is 0 Å². The summed E-state index contributed by atoms with van der Waals surface area (Å²) in [4.78, 5) is 27.2. The number of rotatable bonds is 7. The normalized spacial score (nSPS) is 22.8. The van der Waals surface area contributed by atoms with E-state index in [9.17, 15) is 22.8 Å². The number of benzene rings is 1. The van der Waals surface area contributed by atoms with Gasteiger partial charge in [0.15, 0.2) is 0 Å². The molecule has 1 aromatic carbocycles. The number of nitrogens with one attached hydrogen (secondary N) is 2. The SMILES string of the molecule is CNCCC(=O)N1CCCCC1C(=O)Nc1ccc(C2(C)CC=CC=C2OC(F)(F)F)c(Cl)c1. The van der Waals surface area contributed by atoms with Gasteiger partial charge in [0.2, 0.25) is 11.8 Å². The summed E-state index contributed by atoms with van der Waals surface area (Å²) in [5.74, 6) is -0.641. The zero-order valence-electron chi connectivity index (χ0n) is 19.2. The summed E-state index contributed by atoms with van der Waals surface area (Å²) in [5, 5.41) is 5.96. The fourth-order valence-electron chi connectivity index (χ4n) is 4.40. The van der Waals surface area contributed by atoms with Crippen molar-refractivity contribution >= 4 is 29.1 Å². The van der Waals surface area contributed by atoms with Gasteiger partial charge in [-0.1, -0.05) is 29.8 Å². The van der Waals surface area contributed by atoms with E-state index < -0.39 is 17.8 Å². The van der Waals surface area contributed by atoms with Crippen molar-refractivity contribution in [2.24, 2.45) is 0 Å². The average molecular weight is 500 g/mol. The average Bonchev–Trinajstić information content (AvgIpc) is 2.78. The van der Waals surface area contributed by atoms with Crippen LogP contribution in [-0.4, -0.2) is 49.3 Å². The third-order valence-corrected chi connectivity index (χ3v) is 6.54. The minimum Gasteiger partial charge on any atom is -0.409 e. The molecular formula is C24H29ClF3N3O3. The Bertz CT molecular complexity index is 980. The lowest BCUT2D eigenvalue weighted by atomic mass is 9.75. The fourth-order valence-corrected chi connectivity index (χ4v) is 4.79. The quantitative estimate of drug-likeness (QED) is 0.559. The van der Waals surface area contributed by atoms with Crippen molar-refractivity contribution in [1.29, 1.82) is 0 Å². The molecule has 0 bridgehead atoms. The van der Waals surface area contributed by atoms with Crippen LogP contribution < -0.4 is 10.6 Å². The Kier molecular flexibility index (Phi) is 8.30. The lowest BCUT2D eigenvalue weighted by Gasteiger charge is -2.35. The first kappa shape index (κ1) is 26.1. The van der Waals surface area contributed by atoms with Crippen molar-refractivity contribution in [2.45, 2.75) is 56.8 Å². The maximum atomic E-state index is 13.0. The number of carbonyl (C=O) groups is 2. The van der Waals surface area contributed by atoms with Gasteiger partial charge in [0, 0.05) is 30.2 Å². The number of nitrogens with zero attached hydrogens (tertiary/aromatic N) is 1. The van der Waals surface area contributed by atoms with E-state index in [1.54, 1.807) is 37.1 Å². The van der Waals surface area contributed by atoms with Crippen LogP contribution in [0.2, 0.25) is 5.02 Å². The van der Waals surface area contributed by atoms with Crippen LogP contribution in [0, 0.1) is 0 Å². The summed E-state index contributed by atoms with van der Waals surface area (Å²) in [7, 11) is 1.76. The molecule has 0 radical (unpaired) electrons. The Morgan fingerprint density at radius 2 is 2.06 bits per heavy atom. The van der Waals surface area contributed by atoms with Crippen molar-refractivity contribution < 1.29 is 27.5 Å². The number of carbonyl (C=O) groups excluding carboxylic acids is 2. The molecule has 1 heterocycles. The van der Waals surface area contributed by atoms with E-state index in [0.717, 1.165) is 12.8 Å². The Labute approximate surface area is 202 Å². The molecule has 2 unspecified atom stereocenters. The summed E-state index contributed by atoms with van der Waals surface area (Å²) in [6.07, 6.45) is 2.55.